The fourth-order valence-electron chi connectivity index (χ4n) is 2.47. The molecule has 7 heteroatoms. The monoisotopic (exact) mass is 384 g/mol. The first-order valence-corrected chi connectivity index (χ1v) is 8.95. The van der Waals surface area contributed by atoms with E-state index in [9.17, 15) is 14.4 Å². The number of amides is 2. The lowest BCUT2D eigenvalue weighted by molar-refractivity contribution is -0.124. The molecule has 1 atom stereocenters. The van der Waals surface area contributed by atoms with Gasteiger partial charge in [-0.15, -0.1) is 0 Å². The van der Waals surface area contributed by atoms with Gasteiger partial charge >= 0.3 is 5.97 Å². The Morgan fingerprint density at radius 2 is 1.68 bits per heavy atom. The van der Waals surface area contributed by atoms with Gasteiger partial charge in [-0.25, -0.2) is 4.79 Å². The molecule has 28 heavy (non-hydrogen) atoms. The third-order valence-electron chi connectivity index (χ3n) is 3.92. The lowest BCUT2D eigenvalue weighted by Crippen LogP contribution is -2.36. The largest absolute Gasteiger partial charge is 0.484 e. The highest BCUT2D eigenvalue weighted by Crippen LogP contribution is 2.13. The van der Waals surface area contributed by atoms with E-state index in [0.717, 1.165) is 12.8 Å². The van der Waals surface area contributed by atoms with Crippen LogP contribution in [0, 0.1) is 0 Å². The van der Waals surface area contributed by atoms with Crippen molar-refractivity contribution in [2.75, 3.05) is 13.2 Å². The number of nitrogens with one attached hydrogen (secondary N) is 1. The van der Waals surface area contributed by atoms with Gasteiger partial charge in [0.1, 0.15) is 5.75 Å². The number of primary amides is 1. The number of carbonyl (C=O) groups is 3. The minimum Gasteiger partial charge on any atom is -0.484 e. The molecule has 2 rings (SSSR count). The first kappa shape index (κ1) is 21.0. The Labute approximate surface area is 163 Å². The van der Waals surface area contributed by atoms with Gasteiger partial charge in [0.05, 0.1) is 5.56 Å². The molecule has 0 radical (unpaired) electrons. The highest BCUT2D eigenvalue weighted by molar-refractivity contribution is 5.91. The van der Waals surface area contributed by atoms with Crippen molar-refractivity contribution in [3.05, 3.63) is 65.7 Å². The van der Waals surface area contributed by atoms with Gasteiger partial charge < -0.3 is 20.5 Å². The van der Waals surface area contributed by atoms with E-state index in [1.807, 2.05) is 37.3 Å². The second-order valence-corrected chi connectivity index (χ2v) is 6.35. The molecule has 2 aromatic carbocycles. The summed E-state index contributed by atoms with van der Waals surface area (Å²) in [5.41, 5.74) is 6.47. The van der Waals surface area contributed by atoms with Crippen molar-refractivity contribution < 1.29 is 23.9 Å². The minimum absolute atomic E-state index is 0.0342. The molecule has 2 amide bonds. The molecule has 0 aliphatic heterocycles. The van der Waals surface area contributed by atoms with Crippen LogP contribution < -0.4 is 15.8 Å². The van der Waals surface area contributed by atoms with E-state index in [1.54, 1.807) is 0 Å². The molecule has 3 N–H and O–H groups in total. The van der Waals surface area contributed by atoms with Gasteiger partial charge in [-0.2, -0.15) is 0 Å². The van der Waals surface area contributed by atoms with E-state index in [2.05, 4.69) is 5.32 Å². The Kier molecular flexibility index (Phi) is 8.02. The summed E-state index contributed by atoms with van der Waals surface area (Å²) < 4.78 is 10.1. The summed E-state index contributed by atoms with van der Waals surface area (Å²) in [7, 11) is 0. The van der Waals surface area contributed by atoms with Crippen molar-refractivity contribution in [3.63, 3.8) is 0 Å². The molecule has 0 bridgehead atoms. The van der Waals surface area contributed by atoms with Crippen LogP contribution in [0.25, 0.3) is 0 Å². The predicted octanol–water partition coefficient (Wildman–Crippen LogP) is 1.84. The summed E-state index contributed by atoms with van der Waals surface area (Å²) in [6, 6.07) is 16.0. The van der Waals surface area contributed by atoms with E-state index in [-0.39, 0.29) is 30.7 Å². The number of nitrogens with two attached hydrogens (primary N) is 1. The first-order chi connectivity index (χ1) is 13.4. The maximum atomic E-state index is 12.0. The van der Waals surface area contributed by atoms with E-state index in [4.69, 9.17) is 15.2 Å². The molecule has 0 fully saturated rings. The van der Waals surface area contributed by atoms with Crippen molar-refractivity contribution in [1.82, 2.24) is 5.32 Å². The van der Waals surface area contributed by atoms with Crippen molar-refractivity contribution in [3.8, 4) is 5.75 Å². The lowest BCUT2D eigenvalue weighted by Gasteiger charge is -2.14. The highest BCUT2D eigenvalue weighted by Gasteiger charge is 2.12. The standard InChI is InChI=1S/C21H24N2O5/c1-15(7-8-16-5-3-2-4-6-16)23-20(25)14-28-21(26)17-9-11-18(12-10-17)27-13-19(22)24/h2-6,9-12,15H,7-8,13-14H2,1H3,(H2,22,24)(H,23,25)/t15-/m0/s1. The van der Waals surface area contributed by atoms with Crippen LogP contribution >= 0.6 is 0 Å². The van der Waals surface area contributed by atoms with Crippen LogP contribution in [0.4, 0.5) is 0 Å². The average Bonchev–Trinajstić information content (AvgIpc) is 2.70. The molecule has 148 valence electrons. The Bertz CT molecular complexity index is 790. The zero-order chi connectivity index (χ0) is 20.4. The maximum absolute atomic E-state index is 12.0. The summed E-state index contributed by atoms with van der Waals surface area (Å²) in [5.74, 6) is -1.16. The van der Waals surface area contributed by atoms with Gasteiger partial charge in [0, 0.05) is 6.04 Å². The van der Waals surface area contributed by atoms with Gasteiger partial charge in [0.2, 0.25) is 0 Å². The second-order valence-electron chi connectivity index (χ2n) is 6.35. The third kappa shape index (κ3) is 7.49. The summed E-state index contributed by atoms with van der Waals surface area (Å²) in [4.78, 5) is 34.6. The van der Waals surface area contributed by atoms with Crippen molar-refractivity contribution >= 4 is 17.8 Å². The summed E-state index contributed by atoms with van der Waals surface area (Å²) >= 11 is 0. The maximum Gasteiger partial charge on any atom is 0.338 e. The van der Waals surface area contributed by atoms with Gasteiger partial charge in [-0.3, -0.25) is 9.59 Å². The van der Waals surface area contributed by atoms with Gasteiger partial charge in [0.15, 0.2) is 13.2 Å². The number of carbonyl (C=O) groups excluding carboxylic acids is 3. The smallest absolute Gasteiger partial charge is 0.338 e. The molecule has 0 aliphatic carbocycles. The zero-order valence-electron chi connectivity index (χ0n) is 15.7. The highest BCUT2D eigenvalue weighted by atomic mass is 16.5. The Balaban J connectivity index is 1.71. The molecule has 0 unspecified atom stereocenters. The fourth-order valence-corrected chi connectivity index (χ4v) is 2.47. The minimum atomic E-state index is -0.617. The van der Waals surface area contributed by atoms with Gasteiger partial charge in [-0.05, 0) is 49.6 Å². The molecular weight excluding hydrogens is 360 g/mol. The van der Waals surface area contributed by atoms with Crippen LogP contribution in [-0.4, -0.2) is 37.0 Å². The van der Waals surface area contributed by atoms with Gasteiger partial charge in [0.25, 0.3) is 11.8 Å². The Hall–Kier alpha value is -3.35. The first-order valence-electron chi connectivity index (χ1n) is 8.95. The van der Waals surface area contributed by atoms with Crippen LogP contribution in [0.5, 0.6) is 5.75 Å². The summed E-state index contributed by atoms with van der Waals surface area (Å²) in [5, 5.41) is 2.81. The van der Waals surface area contributed by atoms with Crippen LogP contribution in [0.2, 0.25) is 0 Å². The molecule has 0 spiro atoms. The normalized spacial score (nSPS) is 11.3. The zero-order valence-corrected chi connectivity index (χ0v) is 15.7. The van der Waals surface area contributed by atoms with Crippen LogP contribution in [0.3, 0.4) is 0 Å². The number of benzene rings is 2. The predicted molar refractivity (Wildman–Crippen MR) is 104 cm³/mol. The molecule has 0 aromatic heterocycles. The van der Waals surface area contributed by atoms with Gasteiger partial charge in [-0.1, -0.05) is 30.3 Å². The number of hydrogen-bond donors (Lipinski definition) is 2. The summed E-state index contributed by atoms with van der Waals surface area (Å²) in [6.45, 7) is 1.31. The summed E-state index contributed by atoms with van der Waals surface area (Å²) in [6.07, 6.45) is 1.64. The molecule has 0 heterocycles. The topological polar surface area (TPSA) is 108 Å². The number of aryl methyl sites for hydroxylation is 1. The fraction of sp³-hybridized carbons (Fsp3) is 0.286. The second kappa shape index (κ2) is 10.7. The third-order valence-corrected chi connectivity index (χ3v) is 3.92. The van der Waals surface area contributed by atoms with Crippen LogP contribution in [-0.2, 0) is 20.7 Å². The van der Waals surface area contributed by atoms with E-state index >= 15 is 0 Å². The van der Waals surface area contributed by atoms with Crippen molar-refractivity contribution in [2.24, 2.45) is 5.73 Å². The lowest BCUT2D eigenvalue weighted by atomic mass is 10.1. The Morgan fingerprint density at radius 3 is 2.32 bits per heavy atom. The molecule has 0 saturated carbocycles. The number of hydrogen-bond acceptors (Lipinski definition) is 5. The average molecular weight is 384 g/mol. The molecule has 7 nitrogen and oxygen atoms in total. The van der Waals surface area contributed by atoms with Crippen molar-refractivity contribution in [2.45, 2.75) is 25.8 Å². The quantitative estimate of drug-likeness (QED) is 0.608. The molecule has 2 aromatic rings. The van der Waals surface area contributed by atoms with E-state index in [1.165, 1.54) is 29.8 Å². The number of esters is 1. The molecular formula is C21H24N2O5. The van der Waals surface area contributed by atoms with Crippen LogP contribution in [0.15, 0.2) is 54.6 Å². The molecule has 0 aliphatic rings. The number of rotatable bonds is 10. The molecule has 0 saturated heterocycles. The SMILES string of the molecule is C[C@@H](CCc1ccccc1)NC(=O)COC(=O)c1ccc(OCC(N)=O)cc1. The number of ether oxygens (including phenoxy) is 2. The van der Waals surface area contributed by atoms with E-state index < -0.39 is 11.9 Å². The van der Waals surface area contributed by atoms with E-state index in [0.29, 0.717) is 5.75 Å². The Morgan fingerprint density at radius 1 is 1.00 bits per heavy atom. The van der Waals surface area contributed by atoms with Crippen LogP contribution in [0.1, 0.15) is 29.3 Å². The van der Waals surface area contributed by atoms with Crippen molar-refractivity contribution in [1.29, 1.82) is 0 Å².